The molecule has 2 aromatic carbocycles. The van der Waals surface area contributed by atoms with E-state index in [2.05, 4.69) is 27.9 Å². The molecule has 6 fully saturated rings. The summed E-state index contributed by atoms with van der Waals surface area (Å²) in [6.45, 7) is 6.67. The molecule has 6 aliphatic heterocycles. The van der Waals surface area contributed by atoms with E-state index in [1.807, 2.05) is 54.6 Å². The van der Waals surface area contributed by atoms with Crippen molar-refractivity contribution in [3.8, 4) is 0 Å². The maximum atomic E-state index is 14.7. The number of nitrogens with zero attached hydrogens (tertiary/aromatic N) is 2. The lowest BCUT2D eigenvalue weighted by Crippen LogP contribution is -2.62. The number of piperidine rings is 2. The number of quaternary nitrogens is 2. The summed E-state index contributed by atoms with van der Waals surface area (Å²) in [5.74, 6) is -0.756. The molecule has 0 aromatic heterocycles. The number of carbonyl (C=O) groups excluding carboxylic acids is 2. The van der Waals surface area contributed by atoms with Crippen molar-refractivity contribution in [1.82, 2.24) is 0 Å². The van der Waals surface area contributed by atoms with E-state index < -0.39 is 11.3 Å². The summed E-state index contributed by atoms with van der Waals surface area (Å²) in [6, 6.07) is 19.6. The zero-order valence-electron chi connectivity index (χ0n) is 27.5. The number of rotatable bonds is 7. The largest absolute Gasteiger partial charge is 0.461 e. The molecule has 0 spiro atoms. The highest BCUT2D eigenvalue weighted by Gasteiger charge is 2.73. The third-order valence-electron chi connectivity index (χ3n) is 14.1. The van der Waals surface area contributed by atoms with Gasteiger partial charge in [0.25, 0.3) is 0 Å². The molecule has 6 saturated heterocycles. The first-order chi connectivity index (χ1) is 22.2. The molecule has 0 amide bonds. The first-order valence-corrected chi connectivity index (χ1v) is 17.8. The summed E-state index contributed by atoms with van der Waals surface area (Å²) in [5, 5.41) is 0. The summed E-state index contributed by atoms with van der Waals surface area (Å²) in [5.41, 5.74) is 1.73. The van der Waals surface area contributed by atoms with Crippen LogP contribution in [0.5, 0.6) is 0 Å². The average Bonchev–Trinajstić information content (AvgIpc) is 3.99. The van der Waals surface area contributed by atoms with Gasteiger partial charge in [0, 0.05) is 25.7 Å². The minimum Gasteiger partial charge on any atom is -0.461 e. The summed E-state index contributed by atoms with van der Waals surface area (Å²) >= 11 is 0. The van der Waals surface area contributed by atoms with Crippen molar-refractivity contribution in [2.75, 3.05) is 27.2 Å². The molecule has 7 aliphatic rings. The van der Waals surface area contributed by atoms with Gasteiger partial charge in [0.1, 0.15) is 66.2 Å². The number of fused-ring (bicyclic) bond motifs is 11. The highest BCUT2D eigenvalue weighted by Crippen LogP contribution is 2.55. The standard InChI is InChI=1S/C38H48N2O6/c1-5-39(3)28-18-23(19-29(39)33-32(28)45-33)43-36(41)26-16-17-38(22-12-8-7-9-13-22,27-15-11-10-14-25(26)27)37(42)44-24-20-30-34-35(46-34)31(21-24)40(30,4)6-2/h7-15,23-24,26,28-35H,5-6,16-21H2,1-4H3/q+2/t23?,24?,26-,28-,29+,30-,31+,32?,33?,34?,35?,38-,39?,40?/m1/s1. The van der Waals surface area contributed by atoms with E-state index in [0.29, 0.717) is 61.4 Å². The number of ether oxygens (including phenoxy) is 4. The Hall–Kier alpha value is -2.78. The van der Waals surface area contributed by atoms with E-state index >= 15 is 0 Å². The first kappa shape index (κ1) is 29.4. The molecule has 1 aliphatic carbocycles. The van der Waals surface area contributed by atoms with Gasteiger partial charge in [-0.15, -0.1) is 0 Å². The van der Waals surface area contributed by atoms with Crippen LogP contribution in [-0.2, 0) is 34.0 Å². The molecule has 9 rings (SSSR count). The molecule has 0 saturated carbocycles. The fourth-order valence-corrected chi connectivity index (χ4v) is 11.2. The van der Waals surface area contributed by atoms with Gasteiger partial charge in [0.2, 0.25) is 0 Å². The minimum absolute atomic E-state index is 0.0846. The second-order valence-corrected chi connectivity index (χ2v) is 15.7. The Morgan fingerprint density at radius 1 is 0.739 bits per heavy atom. The smallest absolute Gasteiger partial charge is 0.321 e. The Labute approximate surface area is 272 Å². The molecule has 6 heterocycles. The van der Waals surface area contributed by atoms with Gasteiger partial charge in [-0.3, -0.25) is 9.59 Å². The highest BCUT2D eigenvalue weighted by molar-refractivity contribution is 5.91. The second-order valence-electron chi connectivity index (χ2n) is 15.7. The molecule has 0 radical (unpaired) electrons. The number of hydrogen-bond donors (Lipinski definition) is 0. The molecular weight excluding hydrogens is 580 g/mol. The fourth-order valence-electron chi connectivity index (χ4n) is 11.2. The van der Waals surface area contributed by atoms with E-state index in [4.69, 9.17) is 18.9 Å². The minimum atomic E-state index is -0.976. The van der Waals surface area contributed by atoms with Crippen molar-refractivity contribution in [3.63, 3.8) is 0 Å². The number of epoxide rings is 2. The Morgan fingerprint density at radius 3 is 1.78 bits per heavy atom. The lowest BCUT2D eigenvalue weighted by molar-refractivity contribution is -0.954. The Morgan fingerprint density at radius 2 is 1.24 bits per heavy atom. The zero-order chi connectivity index (χ0) is 31.6. The van der Waals surface area contributed by atoms with E-state index in [1.165, 1.54) is 0 Å². The van der Waals surface area contributed by atoms with E-state index in [0.717, 1.165) is 64.4 Å². The van der Waals surface area contributed by atoms with E-state index in [-0.39, 0.29) is 24.1 Å². The van der Waals surface area contributed by atoms with Crippen LogP contribution in [0.1, 0.15) is 75.0 Å². The predicted octanol–water partition coefficient (Wildman–Crippen LogP) is 4.23. The summed E-state index contributed by atoms with van der Waals surface area (Å²) in [4.78, 5) is 28.8. The fraction of sp³-hybridized carbons (Fsp3) is 0.632. The third kappa shape index (κ3) is 3.93. The van der Waals surface area contributed by atoms with Gasteiger partial charge in [-0.2, -0.15) is 0 Å². The van der Waals surface area contributed by atoms with Crippen molar-refractivity contribution in [2.24, 2.45) is 0 Å². The van der Waals surface area contributed by atoms with E-state index in [9.17, 15) is 9.59 Å². The summed E-state index contributed by atoms with van der Waals surface area (Å²) in [7, 11) is 4.69. The van der Waals surface area contributed by atoms with Crippen LogP contribution in [0.25, 0.3) is 0 Å². The average molecular weight is 629 g/mol. The lowest BCUT2D eigenvalue weighted by Gasteiger charge is -2.48. The molecule has 46 heavy (non-hydrogen) atoms. The third-order valence-corrected chi connectivity index (χ3v) is 14.1. The van der Waals surface area contributed by atoms with Crippen LogP contribution in [0.2, 0.25) is 0 Å². The second kappa shape index (κ2) is 10.1. The number of likely N-dealkylation sites (N-methyl/N-ethyl adjacent to an activating group) is 2. The van der Waals surface area contributed by atoms with E-state index in [1.54, 1.807) is 0 Å². The molecular formula is C38H48N2O6+2. The lowest BCUT2D eigenvalue weighted by atomic mass is 9.63. The number of benzene rings is 2. The van der Waals surface area contributed by atoms with Crippen LogP contribution in [0, 0.1) is 0 Å². The Balaban J connectivity index is 0.988. The molecule has 244 valence electrons. The molecule has 0 N–H and O–H groups in total. The van der Waals surface area contributed by atoms with Crippen LogP contribution in [0.15, 0.2) is 54.6 Å². The van der Waals surface area contributed by atoms with Gasteiger partial charge in [-0.1, -0.05) is 54.6 Å². The predicted molar refractivity (Wildman–Crippen MR) is 170 cm³/mol. The van der Waals surface area contributed by atoms with Gasteiger partial charge in [0.15, 0.2) is 0 Å². The first-order valence-electron chi connectivity index (χ1n) is 17.8. The SMILES string of the molecule is CC[N+]1(C)[C@@H]2CC(OC(=O)[C@@H]3CC[C@@](C(=O)OC4C[C@@H]5C6OC6[C@H](C4)[N+]5(C)CC)(c4ccccc4)c4ccccc43)C[C@H]1C1OC12. The monoisotopic (exact) mass is 628 g/mol. The number of hydrogen-bond acceptors (Lipinski definition) is 6. The maximum absolute atomic E-state index is 14.7. The van der Waals surface area contributed by atoms with Crippen molar-refractivity contribution >= 4 is 11.9 Å². The van der Waals surface area contributed by atoms with Crippen LogP contribution >= 0.6 is 0 Å². The Kier molecular flexibility index (Phi) is 6.46. The molecule has 8 heteroatoms. The van der Waals surface area contributed by atoms with Crippen molar-refractivity contribution in [3.05, 3.63) is 71.3 Å². The van der Waals surface area contributed by atoms with Crippen molar-refractivity contribution < 1.29 is 37.5 Å². The van der Waals surface area contributed by atoms with Crippen LogP contribution in [0.4, 0.5) is 0 Å². The Bertz CT molecular complexity index is 1530. The summed E-state index contributed by atoms with van der Waals surface area (Å²) < 4.78 is 27.1. The van der Waals surface area contributed by atoms with Crippen LogP contribution in [-0.4, -0.2) is 109 Å². The molecule has 14 atom stereocenters. The van der Waals surface area contributed by atoms with Gasteiger partial charge >= 0.3 is 11.9 Å². The normalized spacial score (nSPS) is 47.3. The van der Waals surface area contributed by atoms with Gasteiger partial charge in [-0.25, -0.2) is 0 Å². The molecule has 8 nitrogen and oxygen atoms in total. The highest BCUT2D eigenvalue weighted by atomic mass is 16.6. The van der Waals surface area contributed by atoms with Gasteiger partial charge in [0.05, 0.1) is 33.1 Å². The van der Waals surface area contributed by atoms with Gasteiger partial charge < -0.3 is 27.9 Å². The van der Waals surface area contributed by atoms with Crippen LogP contribution in [0.3, 0.4) is 0 Å². The zero-order valence-corrected chi connectivity index (χ0v) is 27.5. The van der Waals surface area contributed by atoms with Crippen molar-refractivity contribution in [1.29, 1.82) is 0 Å². The summed E-state index contributed by atoms with van der Waals surface area (Å²) in [6.07, 6.45) is 5.45. The molecule has 8 unspecified atom stereocenters. The van der Waals surface area contributed by atoms with Crippen molar-refractivity contribution in [2.45, 2.75) is 124 Å². The number of morpholine rings is 2. The quantitative estimate of drug-likeness (QED) is 0.260. The molecule has 4 bridgehead atoms. The number of esters is 2. The molecule has 2 aromatic rings. The topological polar surface area (TPSA) is 77.7 Å². The van der Waals surface area contributed by atoms with Gasteiger partial charge in [-0.05, 0) is 43.4 Å². The maximum Gasteiger partial charge on any atom is 0.321 e. The van der Waals surface area contributed by atoms with Crippen LogP contribution < -0.4 is 0 Å². The number of carbonyl (C=O) groups is 2.